The van der Waals surface area contributed by atoms with Crippen LogP contribution in [0.5, 0.6) is 0 Å². The van der Waals surface area contributed by atoms with E-state index in [1.54, 1.807) is 10.7 Å². The van der Waals surface area contributed by atoms with Gasteiger partial charge in [-0.05, 0) is 19.4 Å². The first-order chi connectivity index (χ1) is 9.95. The topological polar surface area (TPSA) is 55.6 Å². The number of nitrogens with one attached hydrogen (secondary N) is 1. The van der Waals surface area contributed by atoms with Gasteiger partial charge in [0.25, 0.3) is 0 Å². The number of alkyl halides is 3. The molecule has 0 saturated carbocycles. The molecule has 0 amide bonds. The summed E-state index contributed by atoms with van der Waals surface area (Å²) >= 11 is 0. The summed E-state index contributed by atoms with van der Waals surface area (Å²) in [4.78, 5) is 7.16. The molecule has 0 aliphatic rings. The maximum atomic E-state index is 12.9. The van der Waals surface area contributed by atoms with E-state index in [4.69, 9.17) is 0 Å². The van der Waals surface area contributed by atoms with Crippen LogP contribution in [0.3, 0.4) is 0 Å². The standard InChI is InChI=1S/C13H16F3N5/c1-3-6-17-11-8-9(10-5-7-18-21(10)4-2)19-12(20-11)13(14,15)16/h5,7-8H,3-4,6H2,1-2H3,(H,17,19,20). The smallest absolute Gasteiger partial charge is 0.370 e. The molecule has 0 aromatic carbocycles. The Hall–Kier alpha value is -2.12. The highest BCUT2D eigenvalue weighted by atomic mass is 19.4. The fraction of sp³-hybridized carbons (Fsp3) is 0.462. The monoisotopic (exact) mass is 299 g/mol. The van der Waals surface area contributed by atoms with Crippen molar-refractivity contribution in [2.45, 2.75) is 33.0 Å². The van der Waals surface area contributed by atoms with Crippen LogP contribution in [0.1, 0.15) is 26.1 Å². The summed E-state index contributed by atoms with van der Waals surface area (Å²) in [6.45, 7) is 4.87. The van der Waals surface area contributed by atoms with E-state index >= 15 is 0 Å². The third kappa shape index (κ3) is 3.50. The lowest BCUT2D eigenvalue weighted by atomic mass is 10.2. The number of nitrogens with zero attached hydrogens (tertiary/aromatic N) is 4. The van der Waals surface area contributed by atoms with Crippen molar-refractivity contribution in [2.75, 3.05) is 11.9 Å². The predicted molar refractivity (Wildman–Crippen MR) is 72.7 cm³/mol. The fourth-order valence-electron chi connectivity index (χ4n) is 1.85. The van der Waals surface area contributed by atoms with Gasteiger partial charge in [0, 0.05) is 25.4 Å². The van der Waals surface area contributed by atoms with Crippen molar-refractivity contribution in [3.63, 3.8) is 0 Å². The number of rotatable bonds is 5. The molecule has 0 radical (unpaired) electrons. The van der Waals surface area contributed by atoms with Gasteiger partial charge in [-0.25, -0.2) is 9.97 Å². The van der Waals surface area contributed by atoms with E-state index in [0.717, 1.165) is 6.42 Å². The van der Waals surface area contributed by atoms with Crippen molar-refractivity contribution >= 4 is 5.82 Å². The number of halogens is 3. The molecule has 0 unspecified atom stereocenters. The third-order valence-corrected chi connectivity index (χ3v) is 2.81. The molecule has 0 spiro atoms. The van der Waals surface area contributed by atoms with Gasteiger partial charge >= 0.3 is 6.18 Å². The maximum absolute atomic E-state index is 12.9. The van der Waals surface area contributed by atoms with Crippen LogP contribution >= 0.6 is 0 Å². The van der Waals surface area contributed by atoms with Gasteiger partial charge in [-0.2, -0.15) is 18.3 Å². The minimum Gasteiger partial charge on any atom is -0.370 e. The third-order valence-electron chi connectivity index (χ3n) is 2.81. The number of aromatic nitrogens is 4. The van der Waals surface area contributed by atoms with Gasteiger partial charge in [-0.1, -0.05) is 6.92 Å². The molecule has 114 valence electrons. The molecule has 2 rings (SSSR count). The second-order valence-corrected chi connectivity index (χ2v) is 4.42. The van der Waals surface area contributed by atoms with Gasteiger partial charge in [0.1, 0.15) is 5.82 Å². The van der Waals surface area contributed by atoms with Crippen LogP contribution in [0.2, 0.25) is 0 Å². The summed E-state index contributed by atoms with van der Waals surface area (Å²) in [6.07, 6.45) is -2.27. The van der Waals surface area contributed by atoms with Crippen molar-refractivity contribution in [2.24, 2.45) is 0 Å². The van der Waals surface area contributed by atoms with Crippen molar-refractivity contribution in [1.29, 1.82) is 0 Å². The van der Waals surface area contributed by atoms with Crippen LogP contribution in [0.15, 0.2) is 18.3 Å². The van der Waals surface area contributed by atoms with Crippen LogP contribution in [0.25, 0.3) is 11.4 Å². The average molecular weight is 299 g/mol. The molecule has 0 aliphatic carbocycles. The summed E-state index contributed by atoms with van der Waals surface area (Å²) in [7, 11) is 0. The second-order valence-electron chi connectivity index (χ2n) is 4.42. The summed E-state index contributed by atoms with van der Waals surface area (Å²) in [5.74, 6) is -0.986. The minimum atomic E-state index is -4.59. The van der Waals surface area contributed by atoms with E-state index in [1.165, 1.54) is 12.3 Å². The van der Waals surface area contributed by atoms with Crippen molar-refractivity contribution in [3.05, 3.63) is 24.2 Å². The van der Waals surface area contributed by atoms with Crippen LogP contribution in [0.4, 0.5) is 19.0 Å². The highest BCUT2D eigenvalue weighted by molar-refractivity contribution is 5.59. The molecule has 0 fully saturated rings. The maximum Gasteiger partial charge on any atom is 0.451 e. The largest absolute Gasteiger partial charge is 0.451 e. The molecule has 0 bridgehead atoms. The molecule has 2 heterocycles. The zero-order valence-electron chi connectivity index (χ0n) is 11.8. The molecule has 0 aliphatic heterocycles. The lowest BCUT2D eigenvalue weighted by molar-refractivity contribution is -0.144. The number of hydrogen-bond donors (Lipinski definition) is 1. The van der Waals surface area contributed by atoms with Gasteiger partial charge in [0.05, 0.1) is 11.4 Å². The van der Waals surface area contributed by atoms with Crippen molar-refractivity contribution in [1.82, 2.24) is 19.7 Å². The molecule has 1 N–H and O–H groups in total. The first-order valence-corrected chi connectivity index (χ1v) is 6.68. The van der Waals surface area contributed by atoms with E-state index in [-0.39, 0.29) is 11.5 Å². The highest BCUT2D eigenvalue weighted by Gasteiger charge is 2.35. The first-order valence-electron chi connectivity index (χ1n) is 6.68. The van der Waals surface area contributed by atoms with Crippen LogP contribution in [-0.4, -0.2) is 26.3 Å². The SMILES string of the molecule is CCCNc1cc(-c2ccnn2CC)nc(C(F)(F)F)n1. The Morgan fingerprint density at radius 1 is 1.24 bits per heavy atom. The normalized spacial score (nSPS) is 11.7. The molecule has 0 atom stereocenters. The quantitative estimate of drug-likeness (QED) is 0.921. The lowest BCUT2D eigenvalue weighted by Crippen LogP contribution is -2.14. The Balaban J connectivity index is 2.49. The Morgan fingerprint density at radius 2 is 2.00 bits per heavy atom. The van der Waals surface area contributed by atoms with Gasteiger partial charge in [-0.3, -0.25) is 4.68 Å². The zero-order valence-corrected chi connectivity index (χ0v) is 11.8. The highest BCUT2D eigenvalue weighted by Crippen LogP contribution is 2.29. The Labute approximate surface area is 120 Å². The van der Waals surface area contributed by atoms with E-state index in [9.17, 15) is 13.2 Å². The fourth-order valence-corrected chi connectivity index (χ4v) is 1.85. The number of anilines is 1. The van der Waals surface area contributed by atoms with Crippen LogP contribution in [-0.2, 0) is 12.7 Å². The molecule has 21 heavy (non-hydrogen) atoms. The van der Waals surface area contributed by atoms with Gasteiger partial charge < -0.3 is 5.32 Å². The number of hydrogen-bond acceptors (Lipinski definition) is 4. The summed E-state index contributed by atoms with van der Waals surface area (Å²) in [5.41, 5.74) is 0.736. The van der Waals surface area contributed by atoms with Gasteiger partial charge in [-0.15, -0.1) is 0 Å². The van der Waals surface area contributed by atoms with E-state index in [1.807, 2.05) is 13.8 Å². The minimum absolute atomic E-state index is 0.165. The van der Waals surface area contributed by atoms with Crippen molar-refractivity contribution < 1.29 is 13.2 Å². The van der Waals surface area contributed by atoms with Crippen molar-refractivity contribution in [3.8, 4) is 11.4 Å². The summed E-state index contributed by atoms with van der Waals surface area (Å²) in [6, 6.07) is 3.14. The Bertz CT molecular complexity index is 606. The first kappa shape index (κ1) is 15.3. The summed E-state index contributed by atoms with van der Waals surface area (Å²) < 4.78 is 40.3. The van der Waals surface area contributed by atoms with E-state index in [0.29, 0.717) is 18.8 Å². The number of aryl methyl sites for hydroxylation is 1. The average Bonchev–Trinajstić information content (AvgIpc) is 2.92. The van der Waals surface area contributed by atoms with Crippen LogP contribution in [0, 0.1) is 0 Å². The summed E-state index contributed by atoms with van der Waals surface area (Å²) in [5, 5.41) is 6.92. The Kier molecular flexibility index (Phi) is 4.44. The molecule has 2 aromatic rings. The van der Waals surface area contributed by atoms with Gasteiger partial charge in [0.15, 0.2) is 0 Å². The van der Waals surface area contributed by atoms with E-state index < -0.39 is 12.0 Å². The lowest BCUT2D eigenvalue weighted by Gasteiger charge is -2.12. The second kappa shape index (κ2) is 6.11. The molecule has 2 aromatic heterocycles. The molecule has 8 heteroatoms. The van der Waals surface area contributed by atoms with E-state index in [2.05, 4.69) is 20.4 Å². The molecular weight excluding hydrogens is 283 g/mol. The molecular formula is C13H16F3N5. The van der Waals surface area contributed by atoms with Gasteiger partial charge in [0.2, 0.25) is 5.82 Å². The molecule has 5 nitrogen and oxygen atoms in total. The Morgan fingerprint density at radius 3 is 2.62 bits per heavy atom. The predicted octanol–water partition coefficient (Wildman–Crippen LogP) is 3.20. The molecule has 0 saturated heterocycles. The zero-order chi connectivity index (χ0) is 15.5. The van der Waals surface area contributed by atoms with Crippen LogP contribution < -0.4 is 5.32 Å².